The number of benzene rings is 2. The molecule has 2 heterocycles. The number of nitrogens with zero attached hydrogens (tertiary/aromatic N) is 4. The molecule has 0 spiro atoms. The van der Waals surface area contributed by atoms with Crippen LogP contribution in [-0.2, 0) is 6.54 Å². The van der Waals surface area contributed by atoms with E-state index in [-0.39, 0.29) is 11.8 Å². The molecule has 0 N–H and O–H groups in total. The quantitative estimate of drug-likeness (QED) is 0.547. The van der Waals surface area contributed by atoms with Crippen LogP contribution >= 0.6 is 11.6 Å². The number of amides is 2. The Hall–Kier alpha value is -2.70. The minimum atomic E-state index is -0.361. The van der Waals surface area contributed by atoms with Gasteiger partial charge in [-0.3, -0.25) is 14.3 Å². The third-order valence-corrected chi connectivity index (χ3v) is 5.77. The van der Waals surface area contributed by atoms with E-state index < -0.39 is 0 Å². The number of carbonyl (C=O) groups is 2. The molecule has 0 unspecified atom stereocenters. The van der Waals surface area contributed by atoms with Crippen LogP contribution in [0.4, 0.5) is 5.82 Å². The van der Waals surface area contributed by atoms with Crippen LogP contribution in [0.1, 0.15) is 41.0 Å². The number of anilines is 1. The molecule has 4 rings (SSSR count). The summed E-state index contributed by atoms with van der Waals surface area (Å²) in [6, 6.07) is 12.4. The number of fused-ring (bicyclic) bond motifs is 2. The molecule has 29 heavy (non-hydrogen) atoms. The van der Waals surface area contributed by atoms with Gasteiger partial charge in [-0.05, 0) is 50.3 Å². The van der Waals surface area contributed by atoms with Crippen LogP contribution in [0.25, 0.3) is 10.9 Å². The number of rotatable bonds is 7. The molecule has 150 valence electrons. The fourth-order valence-electron chi connectivity index (χ4n) is 3.86. The Kier molecular flexibility index (Phi) is 5.39. The summed E-state index contributed by atoms with van der Waals surface area (Å²) < 4.78 is 1.85. The van der Waals surface area contributed by atoms with Crippen molar-refractivity contribution in [2.75, 3.05) is 24.5 Å². The molecule has 0 bridgehead atoms. The van der Waals surface area contributed by atoms with Crippen molar-refractivity contribution in [3.63, 3.8) is 0 Å². The van der Waals surface area contributed by atoms with E-state index in [0.717, 1.165) is 36.5 Å². The van der Waals surface area contributed by atoms with Crippen molar-refractivity contribution in [1.82, 2.24) is 14.7 Å². The first kappa shape index (κ1) is 19.6. The second kappa shape index (κ2) is 7.97. The average molecular weight is 411 g/mol. The summed E-state index contributed by atoms with van der Waals surface area (Å²) in [7, 11) is 0. The van der Waals surface area contributed by atoms with Gasteiger partial charge in [0.1, 0.15) is 0 Å². The molecule has 6 nitrogen and oxygen atoms in total. The number of carbonyl (C=O) groups excluding carboxylic acids is 2. The van der Waals surface area contributed by atoms with Crippen LogP contribution in [0.2, 0.25) is 5.02 Å². The third kappa shape index (κ3) is 3.32. The molecule has 0 fully saturated rings. The van der Waals surface area contributed by atoms with Gasteiger partial charge < -0.3 is 4.90 Å². The molecular weight excluding hydrogens is 388 g/mol. The lowest BCUT2D eigenvalue weighted by molar-refractivity contribution is 0.0925. The predicted molar refractivity (Wildman–Crippen MR) is 115 cm³/mol. The summed E-state index contributed by atoms with van der Waals surface area (Å²) in [5.41, 5.74) is 1.62. The standard InChI is InChI=1S/C22H23ClN4O2/c1-3-25(4-2)13-8-14-26-18-12-7-11-17(23)19(18)20(24-26)27-21(28)15-9-5-6-10-16(15)22(27)29/h5-7,9-12H,3-4,8,13-14H2,1-2H3. The zero-order valence-corrected chi connectivity index (χ0v) is 17.3. The zero-order valence-electron chi connectivity index (χ0n) is 16.6. The van der Waals surface area contributed by atoms with Gasteiger partial charge in [0.25, 0.3) is 11.8 Å². The Balaban J connectivity index is 1.73. The first-order valence-corrected chi connectivity index (χ1v) is 10.3. The monoisotopic (exact) mass is 410 g/mol. The van der Waals surface area contributed by atoms with E-state index in [0.29, 0.717) is 33.9 Å². The van der Waals surface area contributed by atoms with Gasteiger partial charge in [0.15, 0.2) is 5.82 Å². The highest BCUT2D eigenvalue weighted by molar-refractivity contribution is 6.40. The molecular formula is C22H23ClN4O2. The molecule has 3 aromatic rings. The smallest absolute Gasteiger partial charge is 0.267 e. The maximum Gasteiger partial charge on any atom is 0.267 e. The lowest BCUT2D eigenvalue weighted by atomic mass is 10.1. The molecule has 2 amide bonds. The molecule has 0 saturated heterocycles. The molecule has 1 aliphatic heterocycles. The Labute approximate surface area is 174 Å². The van der Waals surface area contributed by atoms with E-state index in [4.69, 9.17) is 11.6 Å². The maximum absolute atomic E-state index is 13.0. The Morgan fingerprint density at radius 2 is 1.62 bits per heavy atom. The second-order valence-electron chi connectivity index (χ2n) is 7.05. The summed E-state index contributed by atoms with van der Waals surface area (Å²) in [6.45, 7) is 7.93. The van der Waals surface area contributed by atoms with Gasteiger partial charge in [-0.15, -0.1) is 0 Å². The Morgan fingerprint density at radius 3 is 2.24 bits per heavy atom. The van der Waals surface area contributed by atoms with Crippen molar-refractivity contribution >= 4 is 40.1 Å². The van der Waals surface area contributed by atoms with E-state index in [9.17, 15) is 9.59 Å². The van der Waals surface area contributed by atoms with Crippen molar-refractivity contribution in [2.24, 2.45) is 0 Å². The van der Waals surface area contributed by atoms with Crippen LogP contribution in [0, 0.1) is 0 Å². The molecule has 1 aliphatic rings. The number of halogens is 1. The zero-order chi connectivity index (χ0) is 20.5. The number of hydrogen-bond acceptors (Lipinski definition) is 4. The number of aryl methyl sites for hydroxylation is 1. The second-order valence-corrected chi connectivity index (χ2v) is 7.46. The normalized spacial score (nSPS) is 13.7. The van der Waals surface area contributed by atoms with Crippen LogP contribution in [0.5, 0.6) is 0 Å². The highest BCUT2D eigenvalue weighted by Gasteiger charge is 2.39. The fourth-order valence-corrected chi connectivity index (χ4v) is 4.11. The van der Waals surface area contributed by atoms with Crippen LogP contribution < -0.4 is 4.90 Å². The summed E-state index contributed by atoms with van der Waals surface area (Å²) in [4.78, 5) is 29.4. The minimum Gasteiger partial charge on any atom is -0.304 e. The van der Waals surface area contributed by atoms with Crippen LogP contribution in [-0.4, -0.2) is 46.1 Å². The summed E-state index contributed by atoms with van der Waals surface area (Å²) in [5, 5.41) is 5.77. The van der Waals surface area contributed by atoms with Gasteiger partial charge in [0, 0.05) is 6.54 Å². The van der Waals surface area contributed by atoms with Crippen molar-refractivity contribution < 1.29 is 9.59 Å². The van der Waals surface area contributed by atoms with Crippen molar-refractivity contribution in [2.45, 2.75) is 26.8 Å². The fraction of sp³-hybridized carbons (Fsp3) is 0.318. The number of aromatic nitrogens is 2. The van der Waals surface area contributed by atoms with Gasteiger partial charge in [-0.2, -0.15) is 5.10 Å². The molecule has 0 atom stereocenters. The number of hydrogen-bond donors (Lipinski definition) is 0. The Morgan fingerprint density at radius 1 is 0.966 bits per heavy atom. The summed E-state index contributed by atoms with van der Waals surface area (Å²) in [5.74, 6) is -0.417. The largest absolute Gasteiger partial charge is 0.304 e. The maximum atomic E-state index is 13.0. The first-order valence-electron chi connectivity index (χ1n) is 9.92. The van der Waals surface area contributed by atoms with Crippen LogP contribution in [0.15, 0.2) is 42.5 Å². The molecule has 2 aromatic carbocycles. The van der Waals surface area contributed by atoms with Gasteiger partial charge in [-0.1, -0.05) is 43.6 Å². The van der Waals surface area contributed by atoms with Crippen molar-refractivity contribution in [1.29, 1.82) is 0 Å². The highest BCUT2D eigenvalue weighted by atomic mass is 35.5. The first-order chi connectivity index (χ1) is 14.1. The Bertz CT molecular complexity index is 1050. The van der Waals surface area contributed by atoms with E-state index in [1.807, 2.05) is 16.8 Å². The molecule has 0 radical (unpaired) electrons. The molecule has 0 aliphatic carbocycles. The van der Waals surface area contributed by atoms with Crippen molar-refractivity contribution in [3.05, 3.63) is 58.6 Å². The topological polar surface area (TPSA) is 58.4 Å². The van der Waals surface area contributed by atoms with E-state index >= 15 is 0 Å². The minimum absolute atomic E-state index is 0.305. The van der Waals surface area contributed by atoms with E-state index in [2.05, 4.69) is 23.8 Å². The summed E-state index contributed by atoms with van der Waals surface area (Å²) >= 11 is 6.48. The number of imide groups is 1. The molecule has 7 heteroatoms. The molecule has 0 saturated carbocycles. The van der Waals surface area contributed by atoms with Gasteiger partial charge in [0.2, 0.25) is 0 Å². The third-order valence-electron chi connectivity index (χ3n) is 5.45. The highest BCUT2D eigenvalue weighted by Crippen LogP contribution is 2.36. The van der Waals surface area contributed by atoms with E-state index in [1.165, 1.54) is 0 Å². The van der Waals surface area contributed by atoms with Gasteiger partial charge in [-0.25, -0.2) is 4.90 Å². The van der Waals surface area contributed by atoms with Gasteiger partial charge >= 0.3 is 0 Å². The lowest BCUT2D eigenvalue weighted by Gasteiger charge is -2.17. The lowest BCUT2D eigenvalue weighted by Crippen LogP contribution is -2.30. The molecule has 1 aromatic heterocycles. The predicted octanol–water partition coefficient (Wildman–Crippen LogP) is 4.22. The van der Waals surface area contributed by atoms with Gasteiger partial charge in [0.05, 0.1) is 27.1 Å². The SMILES string of the molecule is CCN(CC)CCCn1nc(N2C(=O)c3ccccc3C2=O)c2c(Cl)cccc21. The van der Waals surface area contributed by atoms with Crippen LogP contribution in [0.3, 0.4) is 0 Å². The summed E-state index contributed by atoms with van der Waals surface area (Å²) in [6.07, 6.45) is 0.909. The average Bonchev–Trinajstić information content (AvgIpc) is 3.22. The van der Waals surface area contributed by atoms with E-state index in [1.54, 1.807) is 30.3 Å². The van der Waals surface area contributed by atoms with Crippen molar-refractivity contribution in [3.8, 4) is 0 Å².